The van der Waals surface area contributed by atoms with Crippen LogP contribution in [0.5, 0.6) is 0 Å². The number of nitro groups is 1. The predicted octanol–water partition coefficient (Wildman–Crippen LogP) is 1.49. The van der Waals surface area contributed by atoms with E-state index in [4.69, 9.17) is 11.6 Å². The van der Waals surface area contributed by atoms with E-state index in [1.807, 2.05) is 0 Å². The first-order valence-electron chi connectivity index (χ1n) is 5.13. The zero-order valence-electron chi connectivity index (χ0n) is 10.3. The summed E-state index contributed by atoms with van der Waals surface area (Å²) in [5.74, 6) is -1.05. The van der Waals surface area contributed by atoms with Crippen molar-refractivity contribution in [1.82, 2.24) is 4.90 Å². The third-order valence-electron chi connectivity index (χ3n) is 2.33. The lowest BCUT2D eigenvalue weighted by Crippen LogP contribution is -2.32. The second-order valence-corrected chi connectivity index (χ2v) is 4.07. The summed E-state index contributed by atoms with van der Waals surface area (Å²) in [6.07, 6.45) is 0. The molecule has 0 radical (unpaired) electrons. The van der Waals surface area contributed by atoms with Gasteiger partial charge in [0.05, 0.1) is 12.0 Å². The minimum absolute atomic E-state index is 0.137. The maximum absolute atomic E-state index is 11.9. The van der Waals surface area contributed by atoms with Crippen molar-refractivity contribution in [3.63, 3.8) is 0 Å². The van der Waals surface area contributed by atoms with Crippen molar-refractivity contribution in [3.8, 4) is 0 Å². The molecule has 0 unspecified atom stereocenters. The van der Waals surface area contributed by atoms with Crippen molar-refractivity contribution in [2.75, 3.05) is 20.7 Å². The van der Waals surface area contributed by atoms with Crippen LogP contribution in [0.3, 0.4) is 0 Å². The van der Waals surface area contributed by atoms with E-state index in [2.05, 4.69) is 4.74 Å². The summed E-state index contributed by atoms with van der Waals surface area (Å²) >= 11 is 5.70. The number of methoxy groups -OCH3 is 1. The number of benzene rings is 1. The standard InChI is InChI=1S/C11H11ClN2O5/c1-13(6-10(15)19-2)11(16)7-3-4-9(14(17)18)8(12)5-7/h3-5H,6H2,1-2H3. The smallest absolute Gasteiger partial charge is 0.325 e. The van der Waals surface area contributed by atoms with Crippen molar-refractivity contribution in [2.45, 2.75) is 0 Å². The molecule has 0 saturated carbocycles. The Bertz CT molecular complexity index is 532. The molecule has 7 nitrogen and oxygen atoms in total. The molecule has 0 saturated heterocycles. The Morgan fingerprint density at radius 1 is 1.47 bits per heavy atom. The Morgan fingerprint density at radius 3 is 2.58 bits per heavy atom. The normalized spacial score (nSPS) is 9.84. The highest BCUT2D eigenvalue weighted by Crippen LogP contribution is 2.25. The molecule has 0 fully saturated rings. The van der Waals surface area contributed by atoms with Gasteiger partial charge in [-0.15, -0.1) is 0 Å². The molecule has 0 aromatic heterocycles. The molecule has 0 spiro atoms. The number of hydrogen-bond donors (Lipinski definition) is 0. The lowest BCUT2D eigenvalue weighted by molar-refractivity contribution is -0.384. The van der Waals surface area contributed by atoms with Gasteiger partial charge in [0.25, 0.3) is 11.6 Å². The number of ether oxygens (including phenoxy) is 1. The summed E-state index contributed by atoms with van der Waals surface area (Å²) in [5, 5.41) is 10.4. The highest BCUT2D eigenvalue weighted by molar-refractivity contribution is 6.33. The second-order valence-electron chi connectivity index (χ2n) is 3.66. The first kappa shape index (κ1) is 14.9. The summed E-state index contributed by atoms with van der Waals surface area (Å²) in [7, 11) is 2.62. The first-order valence-corrected chi connectivity index (χ1v) is 5.50. The molecule has 102 valence electrons. The fourth-order valence-corrected chi connectivity index (χ4v) is 1.59. The molecule has 0 aliphatic carbocycles. The Hall–Kier alpha value is -2.15. The number of carbonyl (C=O) groups is 2. The average molecular weight is 287 g/mol. The summed E-state index contributed by atoms with van der Waals surface area (Å²) in [5.41, 5.74) is -0.129. The van der Waals surface area contributed by atoms with Crippen LogP contribution in [0.1, 0.15) is 10.4 Å². The molecule has 8 heteroatoms. The number of nitro benzene ring substituents is 1. The molecule has 0 atom stereocenters. The van der Waals surface area contributed by atoms with Crippen LogP contribution in [0.4, 0.5) is 5.69 Å². The van der Waals surface area contributed by atoms with E-state index in [1.54, 1.807) is 0 Å². The number of carbonyl (C=O) groups excluding carboxylic acids is 2. The maximum Gasteiger partial charge on any atom is 0.325 e. The fourth-order valence-electron chi connectivity index (χ4n) is 1.34. The first-order chi connectivity index (χ1) is 8.86. The fraction of sp³-hybridized carbons (Fsp3) is 0.273. The summed E-state index contributed by atoms with van der Waals surface area (Å²) in [6.45, 7) is -0.218. The number of nitrogens with zero attached hydrogens (tertiary/aromatic N) is 2. The van der Waals surface area contributed by atoms with E-state index in [9.17, 15) is 19.7 Å². The predicted molar refractivity (Wildman–Crippen MR) is 67.1 cm³/mol. The Kier molecular flexibility index (Phi) is 4.82. The van der Waals surface area contributed by atoms with Gasteiger partial charge in [-0.3, -0.25) is 19.7 Å². The molecule has 0 heterocycles. The van der Waals surface area contributed by atoms with E-state index in [0.717, 1.165) is 11.0 Å². The van der Waals surface area contributed by atoms with Gasteiger partial charge in [-0.05, 0) is 12.1 Å². The van der Waals surface area contributed by atoms with Gasteiger partial charge in [-0.1, -0.05) is 11.6 Å². The number of likely N-dealkylation sites (N-methyl/N-ethyl adjacent to an activating group) is 1. The third-order valence-corrected chi connectivity index (χ3v) is 2.63. The van der Waals surface area contributed by atoms with Crippen LogP contribution in [0.2, 0.25) is 5.02 Å². The molecule has 1 amide bonds. The maximum atomic E-state index is 11.9. The van der Waals surface area contributed by atoms with Gasteiger partial charge in [0.15, 0.2) is 0 Å². The third kappa shape index (κ3) is 3.65. The number of halogens is 1. The van der Waals surface area contributed by atoms with Gasteiger partial charge in [0.1, 0.15) is 11.6 Å². The van der Waals surface area contributed by atoms with E-state index in [0.29, 0.717) is 0 Å². The van der Waals surface area contributed by atoms with E-state index >= 15 is 0 Å². The minimum atomic E-state index is -0.644. The topological polar surface area (TPSA) is 89.8 Å². The molecule has 0 N–H and O–H groups in total. The van der Waals surface area contributed by atoms with Crippen LogP contribution in [-0.2, 0) is 9.53 Å². The van der Waals surface area contributed by atoms with Crippen molar-refractivity contribution in [1.29, 1.82) is 0 Å². The molecule has 1 rings (SSSR count). The Balaban J connectivity index is 2.92. The van der Waals surface area contributed by atoms with Crippen molar-refractivity contribution in [2.24, 2.45) is 0 Å². The molecule has 0 aliphatic rings. The highest BCUT2D eigenvalue weighted by Gasteiger charge is 2.19. The van der Waals surface area contributed by atoms with Gasteiger partial charge >= 0.3 is 5.97 Å². The van der Waals surface area contributed by atoms with E-state index in [1.165, 1.54) is 26.3 Å². The molecular weight excluding hydrogens is 276 g/mol. The van der Waals surface area contributed by atoms with Crippen LogP contribution in [0.15, 0.2) is 18.2 Å². The SMILES string of the molecule is COC(=O)CN(C)C(=O)c1ccc([N+](=O)[O-])c(Cl)c1. The van der Waals surface area contributed by atoms with Crippen LogP contribution < -0.4 is 0 Å². The molecule has 19 heavy (non-hydrogen) atoms. The Morgan fingerprint density at radius 2 is 2.11 bits per heavy atom. The number of amides is 1. The Labute approximate surface area is 113 Å². The van der Waals surface area contributed by atoms with Crippen molar-refractivity contribution < 1.29 is 19.2 Å². The van der Waals surface area contributed by atoms with Crippen LogP contribution >= 0.6 is 11.6 Å². The molecule has 0 aliphatic heterocycles. The molecule has 1 aromatic carbocycles. The zero-order chi connectivity index (χ0) is 14.6. The number of esters is 1. The van der Waals surface area contributed by atoms with Crippen LogP contribution in [-0.4, -0.2) is 42.4 Å². The van der Waals surface area contributed by atoms with Gasteiger partial charge in [-0.2, -0.15) is 0 Å². The van der Waals surface area contributed by atoms with Crippen LogP contribution in [0.25, 0.3) is 0 Å². The largest absolute Gasteiger partial charge is 0.468 e. The van der Waals surface area contributed by atoms with E-state index in [-0.39, 0.29) is 22.8 Å². The summed E-state index contributed by atoms with van der Waals surface area (Å²) in [4.78, 5) is 34.0. The van der Waals surface area contributed by atoms with Gasteiger partial charge in [-0.25, -0.2) is 0 Å². The number of rotatable bonds is 4. The second kappa shape index (κ2) is 6.14. The lowest BCUT2D eigenvalue weighted by atomic mass is 10.2. The summed E-state index contributed by atoms with van der Waals surface area (Å²) < 4.78 is 4.43. The lowest BCUT2D eigenvalue weighted by Gasteiger charge is -2.15. The molecular formula is C11H11ClN2O5. The van der Waals surface area contributed by atoms with Gasteiger partial charge < -0.3 is 9.64 Å². The highest BCUT2D eigenvalue weighted by atomic mass is 35.5. The van der Waals surface area contributed by atoms with Gasteiger partial charge in [0.2, 0.25) is 0 Å². The van der Waals surface area contributed by atoms with Crippen LogP contribution in [0, 0.1) is 10.1 Å². The monoisotopic (exact) mass is 286 g/mol. The molecule has 0 bridgehead atoms. The molecule has 1 aromatic rings. The van der Waals surface area contributed by atoms with Crippen molar-refractivity contribution >= 4 is 29.2 Å². The zero-order valence-corrected chi connectivity index (χ0v) is 11.0. The minimum Gasteiger partial charge on any atom is -0.468 e. The van der Waals surface area contributed by atoms with Gasteiger partial charge in [0, 0.05) is 18.7 Å². The summed E-state index contributed by atoms with van der Waals surface area (Å²) in [6, 6.07) is 3.61. The quantitative estimate of drug-likeness (QED) is 0.475. The number of hydrogen-bond acceptors (Lipinski definition) is 5. The average Bonchev–Trinajstić information content (AvgIpc) is 2.36. The van der Waals surface area contributed by atoms with E-state index < -0.39 is 16.8 Å². The van der Waals surface area contributed by atoms with Crippen molar-refractivity contribution in [3.05, 3.63) is 38.9 Å².